The molecule has 4 rings (SSSR count). The molecule has 0 unspecified atom stereocenters. The standard InChI is InChI=1S/C21H20ClNO4/c22-14-3-7-16(8-4-14)27-17-9-5-15(6-10-17)23-20(24)18-12-1-2-13(11-12)19(18)21(25)26/h3-10,12-13,18-19H,1-2,11H2,(H,23,24)(H,25,26)/p-1/t12-,13+,18-,19-/m0/s1. The Hall–Kier alpha value is -2.53. The number of fused-ring (bicyclic) bond motifs is 2. The van der Waals surface area contributed by atoms with Gasteiger partial charge in [-0.1, -0.05) is 11.6 Å². The minimum atomic E-state index is -1.10. The molecule has 2 aromatic carbocycles. The van der Waals surface area contributed by atoms with Crippen LogP contribution in [0.1, 0.15) is 19.3 Å². The monoisotopic (exact) mass is 384 g/mol. The van der Waals surface area contributed by atoms with E-state index in [0.29, 0.717) is 22.2 Å². The summed E-state index contributed by atoms with van der Waals surface area (Å²) in [6.07, 6.45) is 2.61. The fourth-order valence-corrected chi connectivity index (χ4v) is 4.60. The Kier molecular flexibility index (Phi) is 4.79. The lowest BCUT2D eigenvalue weighted by molar-refractivity contribution is -0.314. The molecular formula is C21H19ClNO4-. The fraction of sp³-hybridized carbons (Fsp3) is 0.333. The van der Waals surface area contributed by atoms with Gasteiger partial charge in [-0.05, 0) is 79.6 Å². The number of amides is 1. The van der Waals surface area contributed by atoms with Gasteiger partial charge in [-0.2, -0.15) is 0 Å². The predicted molar refractivity (Wildman–Crippen MR) is 99.4 cm³/mol. The van der Waals surface area contributed by atoms with E-state index in [4.69, 9.17) is 16.3 Å². The summed E-state index contributed by atoms with van der Waals surface area (Å²) in [6.45, 7) is 0. The number of hydrogen-bond acceptors (Lipinski definition) is 4. The molecule has 0 spiro atoms. The van der Waals surface area contributed by atoms with E-state index in [0.717, 1.165) is 19.3 Å². The molecule has 2 aliphatic rings. The van der Waals surface area contributed by atoms with Crippen LogP contribution in [0.25, 0.3) is 0 Å². The van der Waals surface area contributed by atoms with Gasteiger partial charge in [0.05, 0.1) is 0 Å². The number of nitrogens with one attached hydrogen (secondary N) is 1. The summed E-state index contributed by atoms with van der Waals surface area (Å²) >= 11 is 5.85. The van der Waals surface area contributed by atoms with Gasteiger partial charge in [-0.25, -0.2) is 0 Å². The van der Waals surface area contributed by atoms with E-state index in [1.54, 1.807) is 48.5 Å². The van der Waals surface area contributed by atoms with Crippen molar-refractivity contribution < 1.29 is 19.4 Å². The maximum atomic E-state index is 12.7. The Labute approximate surface area is 162 Å². The molecule has 2 aliphatic carbocycles. The quantitative estimate of drug-likeness (QED) is 0.855. The topological polar surface area (TPSA) is 78.5 Å². The van der Waals surface area contributed by atoms with Crippen molar-refractivity contribution in [3.05, 3.63) is 53.6 Å². The summed E-state index contributed by atoms with van der Waals surface area (Å²) < 4.78 is 5.72. The number of carbonyl (C=O) groups is 2. The number of halogens is 1. The van der Waals surface area contributed by atoms with Crippen LogP contribution in [0.5, 0.6) is 11.5 Å². The Bertz CT molecular complexity index is 849. The third-order valence-corrected chi connectivity index (χ3v) is 5.91. The number of carboxylic acids is 1. The van der Waals surface area contributed by atoms with E-state index in [1.807, 2.05) is 0 Å². The van der Waals surface area contributed by atoms with Crippen molar-refractivity contribution in [3.8, 4) is 11.5 Å². The van der Waals surface area contributed by atoms with Crippen LogP contribution in [0.3, 0.4) is 0 Å². The van der Waals surface area contributed by atoms with E-state index < -0.39 is 17.8 Å². The summed E-state index contributed by atoms with van der Waals surface area (Å²) in [5.74, 6) is -0.999. The zero-order valence-corrected chi connectivity index (χ0v) is 15.3. The van der Waals surface area contributed by atoms with Crippen molar-refractivity contribution in [2.24, 2.45) is 23.7 Å². The molecule has 0 radical (unpaired) electrons. The van der Waals surface area contributed by atoms with Crippen LogP contribution >= 0.6 is 11.6 Å². The third kappa shape index (κ3) is 3.65. The van der Waals surface area contributed by atoms with Gasteiger partial charge in [-0.3, -0.25) is 4.79 Å². The SMILES string of the molecule is O=C([O-])[C@H]1[C@@H]2CC[C@@H](C2)[C@@H]1C(=O)Nc1ccc(Oc2ccc(Cl)cc2)cc1. The summed E-state index contributed by atoms with van der Waals surface area (Å²) in [5.41, 5.74) is 0.614. The number of ether oxygens (including phenoxy) is 1. The summed E-state index contributed by atoms with van der Waals surface area (Å²) in [6, 6.07) is 14.0. The van der Waals surface area contributed by atoms with Crippen LogP contribution in [0, 0.1) is 23.7 Å². The number of hydrogen-bond donors (Lipinski definition) is 1. The highest BCUT2D eigenvalue weighted by molar-refractivity contribution is 6.30. The number of rotatable bonds is 5. The lowest BCUT2D eigenvalue weighted by Gasteiger charge is -2.30. The van der Waals surface area contributed by atoms with Gasteiger partial charge in [0.2, 0.25) is 5.91 Å². The lowest BCUT2D eigenvalue weighted by Crippen LogP contribution is -2.43. The van der Waals surface area contributed by atoms with Crippen LogP contribution in [0.4, 0.5) is 5.69 Å². The molecule has 0 aromatic heterocycles. The molecule has 0 aliphatic heterocycles. The molecule has 140 valence electrons. The molecule has 2 aromatic rings. The van der Waals surface area contributed by atoms with Gasteiger partial charge >= 0.3 is 0 Å². The smallest absolute Gasteiger partial charge is 0.228 e. The van der Waals surface area contributed by atoms with E-state index in [9.17, 15) is 14.7 Å². The first-order chi connectivity index (χ1) is 13.0. The Morgan fingerprint density at radius 1 is 0.926 bits per heavy atom. The second kappa shape index (κ2) is 7.24. The van der Waals surface area contributed by atoms with E-state index >= 15 is 0 Å². The second-order valence-electron chi connectivity index (χ2n) is 7.27. The molecule has 1 amide bonds. The van der Waals surface area contributed by atoms with Crippen LogP contribution < -0.4 is 15.2 Å². The minimum Gasteiger partial charge on any atom is -0.550 e. The zero-order chi connectivity index (χ0) is 19.0. The molecule has 0 saturated heterocycles. The maximum absolute atomic E-state index is 12.7. The van der Waals surface area contributed by atoms with Crippen LogP contribution in [0.15, 0.2) is 48.5 Å². The minimum absolute atomic E-state index is 0.0749. The molecule has 1 N–H and O–H groups in total. The predicted octanol–water partition coefficient (Wildman–Crippen LogP) is 3.48. The van der Waals surface area contributed by atoms with Crippen LogP contribution in [-0.4, -0.2) is 11.9 Å². The molecule has 27 heavy (non-hydrogen) atoms. The Morgan fingerprint density at radius 2 is 1.48 bits per heavy atom. The summed E-state index contributed by atoms with van der Waals surface area (Å²) in [7, 11) is 0. The first-order valence-electron chi connectivity index (χ1n) is 9.06. The number of aliphatic carboxylic acids is 1. The summed E-state index contributed by atoms with van der Waals surface area (Å²) in [4.78, 5) is 24.2. The van der Waals surface area contributed by atoms with Crippen molar-refractivity contribution >= 4 is 29.2 Å². The lowest BCUT2D eigenvalue weighted by atomic mass is 9.78. The highest BCUT2D eigenvalue weighted by atomic mass is 35.5. The highest BCUT2D eigenvalue weighted by Crippen LogP contribution is 2.52. The number of carboxylic acid groups (broad SMARTS) is 1. The van der Waals surface area contributed by atoms with Gasteiger partial charge < -0.3 is 20.0 Å². The molecule has 6 heteroatoms. The van der Waals surface area contributed by atoms with Crippen molar-refractivity contribution in [1.82, 2.24) is 0 Å². The zero-order valence-electron chi connectivity index (χ0n) is 14.6. The summed E-state index contributed by atoms with van der Waals surface area (Å²) in [5, 5.41) is 15.0. The number of carbonyl (C=O) groups excluding carboxylic acids is 2. The van der Waals surface area contributed by atoms with Gasteiger partial charge in [0, 0.05) is 28.5 Å². The van der Waals surface area contributed by atoms with Crippen LogP contribution in [0.2, 0.25) is 5.02 Å². The number of benzene rings is 2. The first-order valence-corrected chi connectivity index (χ1v) is 9.44. The third-order valence-electron chi connectivity index (χ3n) is 5.66. The van der Waals surface area contributed by atoms with Crippen molar-refractivity contribution in [3.63, 3.8) is 0 Å². The average Bonchev–Trinajstić information content (AvgIpc) is 3.26. The van der Waals surface area contributed by atoms with E-state index in [1.165, 1.54) is 0 Å². The Balaban J connectivity index is 1.41. The van der Waals surface area contributed by atoms with Gasteiger partial charge in [-0.15, -0.1) is 0 Å². The van der Waals surface area contributed by atoms with E-state index in [-0.39, 0.29) is 17.7 Å². The molecule has 2 saturated carbocycles. The van der Waals surface area contributed by atoms with Gasteiger partial charge in [0.1, 0.15) is 11.5 Å². The van der Waals surface area contributed by atoms with Gasteiger partial charge in [0.25, 0.3) is 0 Å². The molecule has 4 atom stereocenters. The van der Waals surface area contributed by atoms with Crippen molar-refractivity contribution in [2.75, 3.05) is 5.32 Å². The fourth-order valence-electron chi connectivity index (χ4n) is 4.48. The highest BCUT2D eigenvalue weighted by Gasteiger charge is 2.51. The average molecular weight is 385 g/mol. The maximum Gasteiger partial charge on any atom is 0.228 e. The molecule has 0 heterocycles. The van der Waals surface area contributed by atoms with Crippen molar-refractivity contribution in [1.29, 1.82) is 0 Å². The van der Waals surface area contributed by atoms with Crippen LogP contribution in [-0.2, 0) is 9.59 Å². The Morgan fingerprint density at radius 3 is 2.07 bits per heavy atom. The molecular weight excluding hydrogens is 366 g/mol. The largest absolute Gasteiger partial charge is 0.550 e. The molecule has 5 nitrogen and oxygen atoms in total. The normalized spacial score (nSPS) is 26.0. The van der Waals surface area contributed by atoms with Gasteiger partial charge in [0.15, 0.2) is 0 Å². The molecule has 2 fully saturated rings. The molecule has 2 bridgehead atoms. The van der Waals surface area contributed by atoms with E-state index in [2.05, 4.69) is 5.32 Å². The first kappa shape index (κ1) is 17.9. The van der Waals surface area contributed by atoms with Crippen molar-refractivity contribution in [2.45, 2.75) is 19.3 Å². The number of anilines is 1. The second-order valence-corrected chi connectivity index (χ2v) is 7.71.